The number of carboxylic acids is 1. The van der Waals surface area contributed by atoms with Gasteiger partial charge in [-0.15, -0.1) is 0 Å². The molecule has 0 aromatic heterocycles. The third-order valence-electron chi connectivity index (χ3n) is 1.97. The quantitative estimate of drug-likeness (QED) is 0.320. The number of carboxylic acid groups (broad SMARTS) is 1. The molecule has 1 saturated heterocycles. The van der Waals surface area contributed by atoms with E-state index in [1.807, 2.05) is 10.6 Å². The molecular weight excluding hydrogens is 230 g/mol. The molecule has 0 aliphatic carbocycles. The van der Waals surface area contributed by atoms with Crippen molar-refractivity contribution in [2.75, 3.05) is 6.54 Å². The van der Waals surface area contributed by atoms with E-state index in [1.165, 1.54) is 0 Å². The summed E-state index contributed by atoms with van der Waals surface area (Å²) >= 11 is 0. The van der Waals surface area contributed by atoms with E-state index in [4.69, 9.17) is 5.11 Å². The fraction of sp³-hybridized carbons (Fsp3) is 0.444. The van der Waals surface area contributed by atoms with Gasteiger partial charge in [-0.1, -0.05) is 0 Å². The van der Waals surface area contributed by atoms with Crippen molar-refractivity contribution < 1.29 is 24.3 Å². The van der Waals surface area contributed by atoms with Crippen molar-refractivity contribution in [3.05, 3.63) is 0 Å². The molecule has 1 rings (SSSR count). The highest BCUT2D eigenvalue weighted by molar-refractivity contribution is 6.23. The Hall–Kier alpha value is -2.25. The Morgan fingerprint density at radius 3 is 2.41 bits per heavy atom. The molecule has 0 aromatic rings. The molecule has 0 radical (unpaired) electrons. The summed E-state index contributed by atoms with van der Waals surface area (Å²) in [6.07, 6.45) is 1.40. The zero-order chi connectivity index (χ0) is 12.8. The molecule has 0 saturated carbocycles. The lowest BCUT2D eigenvalue weighted by Crippen LogP contribution is -2.56. The van der Waals surface area contributed by atoms with Crippen LogP contribution in [0.5, 0.6) is 0 Å². The van der Waals surface area contributed by atoms with E-state index in [0.717, 1.165) is 6.21 Å². The van der Waals surface area contributed by atoms with Gasteiger partial charge in [0, 0.05) is 19.2 Å². The first-order valence-corrected chi connectivity index (χ1v) is 4.88. The Morgan fingerprint density at radius 1 is 1.29 bits per heavy atom. The third-order valence-corrected chi connectivity index (χ3v) is 1.97. The Bertz CT molecular complexity index is 370. The standard InChI is InChI=1S/C9H11N3O5/c13-6(14)2-1-3-10-4-5-7(15)11-9(17)12-8(5)16/h4-5H,1-3H2,(H,13,14)(H2,11,12,15,16,17). The number of imide groups is 2. The fourth-order valence-electron chi connectivity index (χ4n) is 1.17. The van der Waals surface area contributed by atoms with Gasteiger partial charge in [-0.25, -0.2) is 4.79 Å². The summed E-state index contributed by atoms with van der Waals surface area (Å²) in [5.74, 6) is -3.54. The molecule has 17 heavy (non-hydrogen) atoms. The molecule has 0 atom stereocenters. The topological polar surface area (TPSA) is 125 Å². The zero-order valence-corrected chi connectivity index (χ0v) is 8.80. The van der Waals surface area contributed by atoms with E-state index < -0.39 is 29.7 Å². The van der Waals surface area contributed by atoms with Crippen LogP contribution in [0.4, 0.5) is 4.79 Å². The van der Waals surface area contributed by atoms with Crippen molar-refractivity contribution in [3.8, 4) is 0 Å². The number of hydrogen-bond donors (Lipinski definition) is 3. The minimum atomic E-state index is -1.14. The van der Waals surface area contributed by atoms with Gasteiger partial charge in [-0.05, 0) is 6.42 Å². The molecule has 0 aromatic carbocycles. The van der Waals surface area contributed by atoms with Crippen LogP contribution < -0.4 is 10.6 Å². The molecule has 0 spiro atoms. The van der Waals surface area contributed by atoms with Crippen LogP contribution in [-0.2, 0) is 14.4 Å². The molecule has 0 bridgehead atoms. The molecular formula is C9H11N3O5. The van der Waals surface area contributed by atoms with Gasteiger partial charge in [0.15, 0.2) is 5.92 Å². The maximum Gasteiger partial charge on any atom is 0.328 e. The molecule has 8 nitrogen and oxygen atoms in total. The summed E-state index contributed by atoms with van der Waals surface area (Å²) in [7, 11) is 0. The third kappa shape index (κ3) is 4.01. The van der Waals surface area contributed by atoms with Crippen molar-refractivity contribution >= 4 is 30.0 Å². The number of urea groups is 1. The van der Waals surface area contributed by atoms with Gasteiger partial charge in [0.25, 0.3) is 0 Å². The molecule has 1 fully saturated rings. The summed E-state index contributed by atoms with van der Waals surface area (Å²) in [5.41, 5.74) is 0. The van der Waals surface area contributed by atoms with Gasteiger partial charge in [0.2, 0.25) is 11.8 Å². The molecule has 1 heterocycles. The molecule has 1 aliphatic heterocycles. The summed E-state index contributed by atoms with van der Waals surface area (Å²) < 4.78 is 0. The number of nitrogens with zero attached hydrogens (tertiary/aromatic N) is 1. The highest BCUT2D eigenvalue weighted by Crippen LogP contribution is 1.99. The van der Waals surface area contributed by atoms with E-state index in [9.17, 15) is 19.2 Å². The summed E-state index contributed by atoms with van der Waals surface area (Å²) in [6.45, 7) is 0.206. The van der Waals surface area contributed by atoms with E-state index in [1.54, 1.807) is 0 Å². The van der Waals surface area contributed by atoms with Crippen LogP contribution in [0.2, 0.25) is 0 Å². The largest absolute Gasteiger partial charge is 0.481 e. The van der Waals surface area contributed by atoms with E-state index in [2.05, 4.69) is 4.99 Å². The van der Waals surface area contributed by atoms with Crippen molar-refractivity contribution in [3.63, 3.8) is 0 Å². The molecule has 8 heteroatoms. The number of rotatable bonds is 5. The van der Waals surface area contributed by atoms with Gasteiger partial charge in [-0.2, -0.15) is 0 Å². The van der Waals surface area contributed by atoms with Crippen molar-refractivity contribution in [2.45, 2.75) is 12.8 Å². The van der Waals surface area contributed by atoms with Crippen LogP contribution in [-0.4, -0.2) is 41.7 Å². The van der Waals surface area contributed by atoms with Crippen LogP contribution in [0, 0.1) is 5.92 Å². The number of carbonyl (C=O) groups is 4. The first-order valence-electron chi connectivity index (χ1n) is 4.88. The van der Waals surface area contributed by atoms with Crippen LogP contribution in [0.15, 0.2) is 4.99 Å². The average Bonchev–Trinajstić information content (AvgIpc) is 2.20. The average molecular weight is 241 g/mol. The fourth-order valence-corrected chi connectivity index (χ4v) is 1.17. The number of hydrogen-bond acceptors (Lipinski definition) is 5. The molecule has 0 unspecified atom stereocenters. The number of aliphatic carboxylic acids is 1. The lowest BCUT2D eigenvalue weighted by molar-refractivity contribution is -0.137. The van der Waals surface area contributed by atoms with Crippen LogP contribution >= 0.6 is 0 Å². The SMILES string of the molecule is O=C(O)CCCN=CC1C(=O)NC(=O)NC1=O. The Morgan fingerprint density at radius 2 is 1.88 bits per heavy atom. The lowest BCUT2D eigenvalue weighted by Gasteiger charge is -2.16. The maximum atomic E-state index is 11.2. The first-order chi connectivity index (χ1) is 8.00. The Kier molecular flexibility index (Phi) is 4.32. The molecule has 1 aliphatic rings. The summed E-state index contributed by atoms with van der Waals surface area (Å²) in [4.78, 5) is 47.1. The molecule has 3 N–H and O–H groups in total. The maximum absolute atomic E-state index is 11.2. The van der Waals surface area contributed by atoms with Crippen molar-refractivity contribution in [2.24, 2.45) is 10.9 Å². The number of aliphatic imine (C=N–C) groups is 1. The second-order valence-corrected chi connectivity index (χ2v) is 3.34. The monoisotopic (exact) mass is 241 g/mol. The first kappa shape index (κ1) is 12.8. The highest BCUT2D eigenvalue weighted by atomic mass is 16.4. The van der Waals surface area contributed by atoms with E-state index >= 15 is 0 Å². The van der Waals surface area contributed by atoms with Gasteiger partial charge in [-0.3, -0.25) is 30.0 Å². The van der Waals surface area contributed by atoms with Crippen LogP contribution in [0.3, 0.4) is 0 Å². The normalized spacial score (nSPS) is 17.1. The zero-order valence-electron chi connectivity index (χ0n) is 8.80. The van der Waals surface area contributed by atoms with Gasteiger partial charge < -0.3 is 5.11 Å². The van der Waals surface area contributed by atoms with Crippen LogP contribution in [0.25, 0.3) is 0 Å². The Labute approximate surface area is 96.1 Å². The predicted molar refractivity (Wildman–Crippen MR) is 55.4 cm³/mol. The van der Waals surface area contributed by atoms with Crippen LogP contribution in [0.1, 0.15) is 12.8 Å². The second-order valence-electron chi connectivity index (χ2n) is 3.34. The Balaban J connectivity index is 2.42. The number of nitrogens with one attached hydrogen (secondary N) is 2. The predicted octanol–water partition coefficient (Wildman–Crippen LogP) is -1.10. The van der Waals surface area contributed by atoms with Crippen molar-refractivity contribution in [1.82, 2.24) is 10.6 Å². The second kappa shape index (κ2) is 5.73. The van der Waals surface area contributed by atoms with Gasteiger partial charge in [0.1, 0.15) is 0 Å². The summed E-state index contributed by atoms with van der Waals surface area (Å²) in [5, 5.41) is 12.2. The number of barbiturate groups is 1. The number of carbonyl (C=O) groups excluding carboxylic acids is 3. The molecule has 4 amide bonds. The van der Waals surface area contributed by atoms with Crippen molar-refractivity contribution in [1.29, 1.82) is 0 Å². The van der Waals surface area contributed by atoms with E-state index in [-0.39, 0.29) is 13.0 Å². The van der Waals surface area contributed by atoms with E-state index in [0.29, 0.717) is 6.42 Å². The smallest absolute Gasteiger partial charge is 0.328 e. The molecule has 92 valence electrons. The van der Waals surface area contributed by atoms with Gasteiger partial charge >= 0.3 is 12.0 Å². The summed E-state index contributed by atoms with van der Waals surface area (Å²) in [6, 6.07) is -0.851. The lowest BCUT2D eigenvalue weighted by atomic mass is 10.1. The minimum Gasteiger partial charge on any atom is -0.481 e. The minimum absolute atomic E-state index is 0.0289. The van der Waals surface area contributed by atoms with Gasteiger partial charge in [0.05, 0.1) is 0 Å². The highest BCUT2D eigenvalue weighted by Gasteiger charge is 2.32. The number of amides is 4.